The van der Waals surface area contributed by atoms with Gasteiger partial charge in [-0.15, -0.1) is 24.0 Å². The quantitative estimate of drug-likeness (QED) is 0.210. The molecule has 0 unspecified atom stereocenters. The molecule has 6 nitrogen and oxygen atoms in total. The first-order valence-corrected chi connectivity index (χ1v) is 9.56. The molecule has 0 spiro atoms. The molecule has 1 fully saturated rings. The van der Waals surface area contributed by atoms with Crippen LogP contribution in [0.25, 0.3) is 0 Å². The summed E-state index contributed by atoms with van der Waals surface area (Å²) in [6.07, 6.45) is 9.50. The predicted molar refractivity (Wildman–Crippen MR) is 121 cm³/mol. The van der Waals surface area contributed by atoms with Gasteiger partial charge in [-0.3, -0.25) is 4.99 Å². The van der Waals surface area contributed by atoms with E-state index in [1.807, 2.05) is 0 Å². The zero-order chi connectivity index (χ0) is 18.8. The van der Waals surface area contributed by atoms with Crippen molar-refractivity contribution < 1.29 is 14.6 Å². The maximum atomic E-state index is 9.98. The number of rotatable bonds is 9. The Kier molecular flexibility index (Phi) is 11.3. The minimum Gasteiger partial charge on any atom is -0.502 e. The van der Waals surface area contributed by atoms with Crippen LogP contribution in [0.15, 0.2) is 17.1 Å². The van der Waals surface area contributed by atoms with E-state index >= 15 is 0 Å². The zero-order valence-corrected chi connectivity index (χ0v) is 19.0. The molecule has 0 bridgehead atoms. The van der Waals surface area contributed by atoms with E-state index in [2.05, 4.69) is 15.6 Å². The van der Waals surface area contributed by atoms with Gasteiger partial charge in [-0.25, -0.2) is 0 Å². The summed E-state index contributed by atoms with van der Waals surface area (Å²) in [6.45, 7) is 1.49. The normalized spacial score (nSPS) is 14.6. The van der Waals surface area contributed by atoms with Crippen molar-refractivity contribution >= 4 is 29.9 Å². The van der Waals surface area contributed by atoms with Gasteiger partial charge < -0.3 is 25.2 Å². The van der Waals surface area contributed by atoms with Crippen molar-refractivity contribution in [2.75, 3.05) is 27.8 Å². The summed E-state index contributed by atoms with van der Waals surface area (Å²) in [4.78, 5) is 4.26. The number of nitrogens with zero attached hydrogens (tertiary/aromatic N) is 1. The van der Waals surface area contributed by atoms with Crippen LogP contribution in [0.5, 0.6) is 17.2 Å². The molecule has 0 saturated heterocycles. The van der Waals surface area contributed by atoms with E-state index in [0.717, 1.165) is 30.4 Å². The molecule has 0 radical (unpaired) electrons. The first kappa shape index (κ1) is 23.7. The molecule has 2 rings (SSSR count). The highest BCUT2D eigenvalue weighted by atomic mass is 127. The number of hydrogen-bond acceptors (Lipinski definition) is 4. The number of aromatic hydroxyl groups is 1. The highest BCUT2D eigenvalue weighted by Crippen LogP contribution is 2.37. The molecular weight excluding hydrogens is 457 g/mol. The minimum absolute atomic E-state index is 0. The van der Waals surface area contributed by atoms with E-state index in [1.54, 1.807) is 19.2 Å². The Morgan fingerprint density at radius 3 is 2.30 bits per heavy atom. The Morgan fingerprint density at radius 2 is 1.74 bits per heavy atom. The summed E-state index contributed by atoms with van der Waals surface area (Å²) in [7, 11) is 4.82. The SMILES string of the molecule is CN=C(NCCCCC1CCCC1)NCc1cc(OC)c(O)c(OC)c1.I. The summed E-state index contributed by atoms with van der Waals surface area (Å²) in [5.41, 5.74) is 0.945. The molecule has 0 amide bonds. The molecule has 1 aromatic rings. The topological polar surface area (TPSA) is 75.1 Å². The number of ether oxygens (including phenoxy) is 2. The van der Waals surface area contributed by atoms with E-state index in [4.69, 9.17) is 9.47 Å². The molecule has 27 heavy (non-hydrogen) atoms. The average Bonchev–Trinajstić information content (AvgIpc) is 3.18. The van der Waals surface area contributed by atoms with Crippen molar-refractivity contribution in [3.8, 4) is 17.2 Å². The van der Waals surface area contributed by atoms with Gasteiger partial charge in [0.05, 0.1) is 14.2 Å². The average molecular weight is 491 g/mol. The summed E-state index contributed by atoms with van der Waals surface area (Å²) < 4.78 is 10.4. The molecular formula is C20H34IN3O3. The van der Waals surface area contributed by atoms with Crippen LogP contribution in [0.4, 0.5) is 0 Å². The molecule has 1 aliphatic rings. The van der Waals surface area contributed by atoms with Gasteiger partial charge in [0.25, 0.3) is 0 Å². The van der Waals surface area contributed by atoms with E-state index in [1.165, 1.54) is 52.7 Å². The minimum atomic E-state index is 0. The third kappa shape index (κ3) is 7.63. The lowest BCUT2D eigenvalue weighted by Crippen LogP contribution is -2.37. The van der Waals surface area contributed by atoms with Gasteiger partial charge in [-0.05, 0) is 30.0 Å². The lowest BCUT2D eigenvalue weighted by molar-refractivity contribution is 0.339. The van der Waals surface area contributed by atoms with Crippen molar-refractivity contribution in [1.29, 1.82) is 0 Å². The molecule has 0 heterocycles. The number of methoxy groups -OCH3 is 2. The van der Waals surface area contributed by atoms with E-state index < -0.39 is 0 Å². The number of benzene rings is 1. The maximum Gasteiger partial charge on any atom is 0.200 e. The van der Waals surface area contributed by atoms with Crippen LogP contribution in [0, 0.1) is 5.92 Å². The van der Waals surface area contributed by atoms with Crippen molar-refractivity contribution in [2.24, 2.45) is 10.9 Å². The molecule has 3 N–H and O–H groups in total. The number of hydrogen-bond donors (Lipinski definition) is 3. The number of nitrogens with one attached hydrogen (secondary N) is 2. The Morgan fingerprint density at radius 1 is 1.11 bits per heavy atom. The highest BCUT2D eigenvalue weighted by Gasteiger charge is 2.14. The van der Waals surface area contributed by atoms with Crippen LogP contribution >= 0.6 is 24.0 Å². The largest absolute Gasteiger partial charge is 0.502 e. The van der Waals surface area contributed by atoms with Crippen molar-refractivity contribution in [3.05, 3.63) is 17.7 Å². The second kappa shape index (κ2) is 12.9. The maximum absolute atomic E-state index is 9.98. The van der Waals surface area contributed by atoms with E-state index in [-0.39, 0.29) is 29.7 Å². The van der Waals surface area contributed by atoms with Crippen LogP contribution in [0.2, 0.25) is 0 Å². The summed E-state index contributed by atoms with van der Waals surface area (Å²) >= 11 is 0. The van der Waals surface area contributed by atoms with E-state index in [0.29, 0.717) is 18.0 Å². The van der Waals surface area contributed by atoms with Gasteiger partial charge in [-0.1, -0.05) is 38.5 Å². The molecule has 154 valence electrons. The van der Waals surface area contributed by atoms with Gasteiger partial charge in [0.2, 0.25) is 5.75 Å². The zero-order valence-electron chi connectivity index (χ0n) is 16.7. The van der Waals surface area contributed by atoms with Gasteiger partial charge in [0.1, 0.15) is 0 Å². The highest BCUT2D eigenvalue weighted by molar-refractivity contribution is 14.0. The second-order valence-corrected chi connectivity index (χ2v) is 6.85. The number of phenols is 1. The molecule has 0 atom stereocenters. The first-order valence-electron chi connectivity index (χ1n) is 9.56. The molecule has 0 aliphatic heterocycles. The molecule has 1 aliphatic carbocycles. The monoisotopic (exact) mass is 491 g/mol. The van der Waals surface area contributed by atoms with Crippen molar-refractivity contribution in [3.63, 3.8) is 0 Å². The summed E-state index contributed by atoms with van der Waals surface area (Å²) in [6, 6.07) is 3.58. The number of unbranched alkanes of at least 4 members (excludes halogenated alkanes) is 1. The summed E-state index contributed by atoms with van der Waals surface area (Å²) in [5.74, 6) is 2.55. The van der Waals surface area contributed by atoms with Gasteiger partial charge in [0.15, 0.2) is 17.5 Å². The predicted octanol–water partition coefficient (Wildman–Crippen LogP) is 4.05. The lowest BCUT2D eigenvalue weighted by atomic mass is 10.0. The van der Waals surface area contributed by atoms with Gasteiger partial charge in [-0.2, -0.15) is 0 Å². The van der Waals surface area contributed by atoms with Crippen LogP contribution < -0.4 is 20.1 Å². The smallest absolute Gasteiger partial charge is 0.200 e. The van der Waals surface area contributed by atoms with E-state index in [9.17, 15) is 5.11 Å². The Bertz CT molecular complexity index is 565. The van der Waals surface area contributed by atoms with Gasteiger partial charge >= 0.3 is 0 Å². The van der Waals surface area contributed by atoms with Crippen LogP contribution in [0.1, 0.15) is 50.5 Å². The number of guanidine groups is 1. The van der Waals surface area contributed by atoms with Gasteiger partial charge in [0, 0.05) is 20.1 Å². The fourth-order valence-corrected chi connectivity index (χ4v) is 3.52. The molecule has 1 saturated carbocycles. The molecule has 1 aromatic carbocycles. The molecule has 0 aromatic heterocycles. The Labute approximate surface area is 180 Å². The fourth-order valence-electron chi connectivity index (χ4n) is 3.52. The first-order chi connectivity index (χ1) is 12.7. The standard InChI is InChI=1S/C20H33N3O3.HI/c1-21-20(22-11-7-6-10-15-8-4-5-9-15)23-14-16-12-17(25-2)19(24)18(13-16)26-3;/h12-13,15,24H,4-11,14H2,1-3H3,(H2,21,22,23);1H. The van der Waals surface area contributed by atoms with Crippen molar-refractivity contribution in [2.45, 2.75) is 51.5 Å². The Balaban J connectivity index is 0.00000364. The number of phenolic OH excluding ortho intramolecular Hbond substituents is 1. The fraction of sp³-hybridized carbons (Fsp3) is 0.650. The summed E-state index contributed by atoms with van der Waals surface area (Å²) in [5, 5.41) is 16.6. The third-order valence-electron chi connectivity index (χ3n) is 5.03. The second-order valence-electron chi connectivity index (χ2n) is 6.85. The lowest BCUT2D eigenvalue weighted by Gasteiger charge is -2.14. The van der Waals surface area contributed by atoms with Crippen LogP contribution in [-0.2, 0) is 6.54 Å². The number of halogens is 1. The third-order valence-corrected chi connectivity index (χ3v) is 5.03. The van der Waals surface area contributed by atoms with Crippen LogP contribution in [0.3, 0.4) is 0 Å². The van der Waals surface area contributed by atoms with Crippen LogP contribution in [-0.4, -0.2) is 38.9 Å². The molecule has 7 heteroatoms. The Hall–Kier alpha value is -1.38. The van der Waals surface area contributed by atoms with Crippen molar-refractivity contribution in [1.82, 2.24) is 10.6 Å². The number of aliphatic imine (C=N–C) groups is 1.